The number of fused-ring (bicyclic) bond motifs is 1. The van der Waals surface area contributed by atoms with Crippen LogP contribution in [0.5, 0.6) is 0 Å². The lowest BCUT2D eigenvalue weighted by Gasteiger charge is -2.30. The molecule has 1 saturated heterocycles. The monoisotopic (exact) mass is 387 g/mol. The van der Waals surface area contributed by atoms with Gasteiger partial charge in [-0.05, 0) is 52.3 Å². The molecule has 25 heavy (non-hydrogen) atoms. The Morgan fingerprint density at radius 2 is 2.12 bits per heavy atom. The fraction of sp³-hybridized carbons (Fsp3) is 0.588. The third-order valence-corrected chi connectivity index (χ3v) is 4.53. The lowest BCUT2D eigenvalue weighted by molar-refractivity contribution is 0.0915. The predicted octanol–water partition coefficient (Wildman–Crippen LogP) is 2.89. The lowest BCUT2D eigenvalue weighted by Crippen LogP contribution is -2.48. The molecule has 140 valence electrons. The maximum Gasteiger partial charge on any atom is 0.252 e. The number of halogens is 2. The number of piperidine rings is 1. The van der Waals surface area contributed by atoms with Gasteiger partial charge in [0.2, 0.25) is 0 Å². The standard InChI is InChI=1S/C17H25N5O.2ClH/c1-10(2)22-16-14(9-19-22)13(7-12(4)20-16)17(23)21-15-5-6-18-8-11(15)3;;/h7,9-11,15,18H,5-6,8H2,1-4H3,(H,21,23);2*1H. The molecule has 2 unspecified atom stereocenters. The van der Waals surface area contributed by atoms with E-state index in [1.54, 1.807) is 6.20 Å². The topological polar surface area (TPSA) is 71.8 Å². The number of pyridine rings is 1. The molecular formula is C17H27Cl2N5O. The summed E-state index contributed by atoms with van der Waals surface area (Å²) in [5, 5.41) is 11.8. The summed E-state index contributed by atoms with van der Waals surface area (Å²) in [6.45, 7) is 10.1. The number of rotatable bonds is 3. The molecule has 0 saturated carbocycles. The molecule has 2 aromatic rings. The summed E-state index contributed by atoms with van der Waals surface area (Å²) in [6, 6.07) is 2.28. The average Bonchev–Trinajstić information content (AvgIpc) is 2.92. The number of aryl methyl sites for hydroxylation is 1. The highest BCUT2D eigenvalue weighted by atomic mass is 35.5. The van der Waals surface area contributed by atoms with E-state index in [1.165, 1.54) is 0 Å². The van der Waals surface area contributed by atoms with Crippen molar-refractivity contribution in [3.63, 3.8) is 0 Å². The zero-order chi connectivity index (χ0) is 16.6. The van der Waals surface area contributed by atoms with Crippen LogP contribution in [-0.2, 0) is 0 Å². The zero-order valence-electron chi connectivity index (χ0n) is 15.1. The molecule has 3 rings (SSSR count). The molecule has 8 heteroatoms. The highest BCUT2D eigenvalue weighted by Crippen LogP contribution is 2.21. The minimum atomic E-state index is -0.0254. The normalized spacial score (nSPS) is 20.0. The first-order valence-electron chi connectivity index (χ1n) is 8.34. The van der Waals surface area contributed by atoms with Crippen molar-refractivity contribution in [3.8, 4) is 0 Å². The van der Waals surface area contributed by atoms with E-state index in [9.17, 15) is 4.79 Å². The molecule has 1 fully saturated rings. The van der Waals surface area contributed by atoms with Crippen LogP contribution in [0.3, 0.4) is 0 Å². The van der Waals surface area contributed by atoms with Gasteiger partial charge in [-0.1, -0.05) is 6.92 Å². The van der Waals surface area contributed by atoms with Crippen LogP contribution in [0, 0.1) is 12.8 Å². The number of carbonyl (C=O) groups is 1. The van der Waals surface area contributed by atoms with Crippen LogP contribution in [0.1, 0.15) is 49.3 Å². The van der Waals surface area contributed by atoms with Gasteiger partial charge >= 0.3 is 0 Å². The lowest BCUT2D eigenvalue weighted by atomic mass is 9.95. The van der Waals surface area contributed by atoms with E-state index in [-0.39, 0.29) is 42.8 Å². The largest absolute Gasteiger partial charge is 0.349 e. The van der Waals surface area contributed by atoms with E-state index in [4.69, 9.17) is 0 Å². The summed E-state index contributed by atoms with van der Waals surface area (Å²) in [4.78, 5) is 17.4. The molecule has 0 spiro atoms. The van der Waals surface area contributed by atoms with Gasteiger partial charge in [0.15, 0.2) is 5.65 Å². The fourth-order valence-electron chi connectivity index (χ4n) is 3.18. The molecule has 0 radical (unpaired) electrons. The van der Waals surface area contributed by atoms with Crippen molar-refractivity contribution in [2.24, 2.45) is 5.92 Å². The van der Waals surface area contributed by atoms with E-state index in [0.717, 1.165) is 36.2 Å². The van der Waals surface area contributed by atoms with Crippen molar-refractivity contribution in [2.75, 3.05) is 13.1 Å². The van der Waals surface area contributed by atoms with Gasteiger partial charge in [-0.3, -0.25) is 4.79 Å². The highest BCUT2D eigenvalue weighted by molar-refractivity contribution is 6.05. The van der Waals surface area contributed by atoms with Crippen molar-refractivity contribution in [3.05, 3.63) is 23.5 Å². The minimum Gasteiger partial charge on any atom is -0.349 e. The Labute approximate surface area is 161 Å². The Morgan fingerprint density at radius 1 is 1.40 bits per heavy atom. The molecule has 6 nitrogen and oxygen atoms in total. The maximum atomic E-state index is 12.8. The van der Waals surface area contributed by atoms with Crippen molar-refractivity contribution < 1.29 is 4.79 Å². The summed E-state index contributed by atoms with van der Waals surface area (Å²) >= 11 is 0. The van der Waals surface area contributed by atoms with Crippen LogP contribution in [0.15, 0.2) is 12.3 Å². The molecule has 0 bridgehead atoms. The third-order valence-electron chi connectivity index (χ3n) is 4.53. The Balaban J connectivity index is 0.00000156. The number of nitrogens with zero attached hydrogens (tertiary/aromatic N) is 3. The van der Waals surface area contributed by atoms with Crippen molar-refractivity contribution in [1.29, 1.82) is 0 Å². The quantitative estimate of drug-likeness (QED) is 0.848. The number of aromatic nitrogens is 3. The number of nitrogens with one attached hydrogen (secondary N) is 2. The van der Waals surface area contributed by atoms with E-state index in [2.05, 4.69) is 41.5 Å². The first-order chi connectivity index (χ1) is 11.0. The molecule has 1 amide bonds. The third kappa shape index (κ3) is 4.43. The molecule has 1 aliphatic rings. The first kappa shape index (κ1) is 21.7. The van der Waals surface area contributed by atoms with Crippen LogP contribution >= 0.6 is 24.8 Å². The molecule has 0 aromatic carbocycles. The number of hydrogen-bond donors (Lipinski definition) is 2. The van der Waals surface area contributed by atoms with E-state index >= 15 is 0 Å². The second kappa shape index (κ2) is 8.83. The second-order valence-electron chi connectivity index (χ2n) is 6.78. The van der Waals surface area contributed by atoms with Crippen molar-refractivity contribution in [2.45, 2.75) is 46.2 Å². The van der Waals surface area contributed by atoms with Gasteiger partial charge in [-0.2, -0.15) is 5.10 Å². The van der Waals surface area contributed by atoms with Crippen LogP contribution in [-0.4, -0.2) is 39.8 Å². The van der Waals surface area contributed by atoms with Gasteiger partial charge in [-0.15, -0.1) is 24.8 Å². The SMILES string of the molecule is Cc1cc(C(=O)NC2CCNCC2C)c2cnn(C(C)C)c2n1.Cl.Cl. The summed E-state index contributed by atoms with van der Waals surface area (Å²) in [5.74, 6) is 0.409. The fourth-order valence-corrected chi connectivity index (χ4v) is 3.18. The molecule has 2 atom stereocenters. The summed E-state index contributed by atoms with van der Waals surface area (Å²) < 4.78 is 1.87. The molecule has 3 heterocycles. The molecule has 2 N–H and O–H groups in total. The van der Waals surface area contributed by atoms with Gasteiger partial charge < -0.3 is 10.6 Å². The second-order valence-corrected chi connectivity index (χ2v) is 6.78. The van der Waals surface area contributed by atoms with Crippen LogP contribution in [0.25, 0.3) is 11.0 Å². The minimum absolute atomic E-state index is 0. The van der Waals surface area contributed by atoms with Gasteiger partial charge in [-0.25, -0.2) is 9.67 Å². The Hall–Kier alpha value is -1.37. The van der Waals surface area contributed by atoms with Gasteiger partial charge in [0.25, 0.3) is 5.91 Å². The Bertz CT molecular complexity index is 731. The predicted molar refractivity (Wildman–Crippen MR) is 105 cm³/mol. The smallest absolute Gasteiger partial charge is 0.252 e. The van der Waals surface area contributed by atoms with E-state index < -0.39 is 0 Å². The number of amides is 1. The molecule has 2 aromatic heterocycles. The zero-order valence-corrected chi connectivity index (χ0v) is 16.7. The molecule has 0 aliphatic carbocycles. The highest BCUT2D eigenvalue weighted by Gasteiger charge is 2.24. The van der Waals surface area contributed by atoms with Crippen LogP contribution in [0.2, 0.25) is 0 Å². The van der Waals surface area contributed by atoms with Crippen molar-refractivity contribution >= 4 is 41.8 Å². The van der Waals surface area contributed by atoms with E-state index in [0.29, 0.717) is 11.5 Å². The van der Waals surface area contributed by atoms with Crippen LogP contribution in [0.4, 0.5) is 0 Å². The summed E-state index contributed by atoms with van der Waals surface area (Å²) in [5.41, 5.74) is 2.29. The summed E-state index contributed by atoms with van der Waals surface area (Å²) in [6.07, 6.45) is 2.72. The number of hydrogen-bond acceptors (Lipinski definition) is 4. The van der Waals surface area contributed by atoms with Gasteiger partial charge in [0.1, 0.15) is 0 Å². The van der Waals surface area contributed by atoms with Gasteiger partial charge in [0, 0.05) is 17.8 Å². The molecular weight excluding hydrogens is 361 g/mol. The molecule has 1 aliphatic heterocycles. The van der Waals surface area contributed by atoms with Crippen LogP contribution < -0.4 is 10.6 Å². The van der Waals surface area contributed by atoms with Gasteiger partial charge in [0.05, 0.1) is 17.1 Å². The number of carbonyl (C=O) groups excluding carboxylic acids is 1. The summed E-state index contributed by atoms with van der Waals surface area (Å²) in [7, 11) is 0. The van der Waals surface area contributed by atoms with Crippen molar-refractivity contribution in [1.82, 2.24) is 25.4 Å². The average molecular weight is 388 g/mol. The van der Waals surface area contributed by atoms with E-state index in [1.807, 2.05) is 17.7 Å². The maximum absolute atomic E-state index is 12.8. The first-order valence-corrected chi connectivity index (χ1v) is 8.34. The Morgan fingerprint density at radius 3 is 2.76 bits per heavy atom. The Kier molecular flexibility index (Phi) is 7.65.